The van der Waals surface area contributed by atoms with Crippen molar-refractivity contribution in [2.24, 2.45) is 0 Å². The molecule has 0 saturated carbocycles. The van der Waals surface area contributed by atoms with Crippen molar-refractivity contribution in [2.75, 3.05) is 19.6 Å². The summed E-state index contributed by atoms with van der Waals surface area (Å²) in [6.07, 6.45) is 19.0. The van der Waals surface area contributed by atoms with Gasteiger partial charge in [-0.25, -0.2) is 0 Å². The molecule has 0 radical (unpaired) electrons. The van der Waals surface area contributed by atoms with E-state index in [1.165, 1.54) is 29.4 Å². The van der Waals surface area contributed by atoms with Crippen LogP contribution in [0.2, 0.25) is 0 Å². The number of benzene rings is 1. The Morgan fingerprint density at radius 3 is 2.53 bits per heavy atom. The van der Waals surface area contributed by atoms with Gasteiger partial charge in [-0.15, -0.1) is 6.58 Å². The average molecular weight is 476 g/mol. The molecule has 34 heavy (non-hydrogen) atoms. The van der Waals surface area contributed by atoms with E-state index in [-0.39, 0.29) is 6.04 Å². The molecule has 1 aromatic heterocycles. The van der Waals surface area contributed by atoms with E-state index in [1.807, 2.05) is 31.7 Å². The lowest BCUT2D eigenvalue weighted by Crippen LogP contribution is -2.28. The van der Waals surface area contributed by atoms with Crippen molar-refractivity contribution in [2.45, 2.75) is 45.6 Å². The van der Waals surface area contributed by atoms with Crippen molar-refractivity contribution in [3.8, 4) is 0 Å². The van der Waals surface area contributed by atoms with E-state index in [0.717, 1.165) is 40.9 Å². The maximum Gasteiger partial charge on any atom is 0.0620 e. The third-order valence-corrected chi connectivity index (χ3v) is 6.05. The van der Waals surface area contributed by atoms with Gasteiger partial charge < -0.3 is 15.2 Å². The fraction of sp³-hybridized carbons (Fsp3) is 0.333. The summed E-state index contributed by atoms with van der Waals surface area (Å²) >= 11 is 1.75. The van der Waals surface area contributed by atoms with Crippen molar-refractivity contribution in [3.05, 3.63) is 103 Å². The summed E-state index contributed by atoms with van der Waals surface area (Å²) in [4.78, 5) is 5.78. The van der Waals surface area contributed by atoms with Gasteiger partial charge in [-0.05, 0) is 62.0 Å². The number of hydrogen-bond donors (Lipinski definition) is 2. The van der Waals surface area contributed by atoms with Gasteiger partial charge in [0.2, 0.25) is 0 Å². The van der Waals surface area contributed by atoms with Crippen molar-refractivity contribution in [1.29, 1.82) is 0 Å². The third-order valence-electron chi connectivity index (χ3n) is 6.05. The van der Waals surface area contributed by atoms with Crippen molar-refractivity contribution >= 4 is 28.2 Å². The van der Waals surface area contributed by atoms with Crippen LogP contribution >= 0.6 is 11.8 Å². The summed E-state index contributed by atoms with van der Waals surface area (Å²) in [6, 6.07) is 8.59. The minimum Gasteiger partial charge on any atom is -0.388 e. The van der Waals surface area contributed by atoms with E-state index in [0.29, 0.717) is 0 Å². The lowest BCUT2D eigenvalue weighted by atomic mass is 9.95. The van der Waals surface area contributed by atoms with Crippen LogP contribution in [-0.2, 0) is 0 Å². The number of para-hydroxylation sites is 1. The quantitative estimate of drug-likeness (QED) is 0.269. The molecule has 0 saturated heterocycles. The van der Waals surface area contributed by atoms with Crippen LogP contribution < -0.4 is 5.32 Å². The second-order valence-corrected chi connectivity index (χ2v) is 9.11. The van der Waals surface area contributed by atoms with Crippen LogP contribution in [0.1, 0.15) is 45.1 Å². The minimum atomic E-state index is 0.215. The van der Waals surface area contributed by atoms with E-state index < -0.39 is 0 Å². The van der Waals surface area contributed by atoms with Crippen LogP contribution in [0.15, 0.2) is 97.2 Å². The molecule has 1 aliphatic rings. The van der Waals surface area contributed by atoms with Crippen molar-refractivity contribution < 1.29 is 0 Å². The van der Waals surface area contributed by atoms with E-state index in [4.69, 9.17) is 0 Å². The Kier molecular flexibility index (Phi) is 11.1. The molecule has 1 unspecified atom stereocenters. The number of H-pyrrole nitrogens is 1. The normalized spacial score (nSPS) is 17.1. The molecule has 2 N–H and O–H groups in total. The molecule has 1 aromatic carbocycles. The fourth-order valence-corrected chi connectivity index (χ4v) is 4.48. The number of aromatic nitrogens is 1. The van der Waals surface area contributed by atoms with Crippen LogP contribution in [0, 0.1) is 0 Å². The van der Waals surface area contributed by atoms with Crippen molar-refractivity contribution in [1.82, 2.24) is 15.2 Å². The number of thioether (sulfide) groups is 1. The Morgan fingerprint density at radius 2 is 1.94 bits per heavy atom. The Hall–Kier alpha value is -2.85. The first-order valence-corrected chi connectivity index (χ1v) is 13.6. The molecule has 2 aromatic rings. The number of unbranched alkanes of at least 4 members (excludes halogenated alkanes) is 1. The number of nitrogens with zero attached hydrogens (tertiary/aromatic N) is 1. The molecule has 2 heterocycles. The van der Waals surface area contributed by atoms with Gasteiger partial charge in [0.15, 0.2) is 0 Å². The molecular weight excluding hydrogens is 434 g/mol. The molecule has 4 heteroatoms. The minimum absolute atomic E-state index is 0.215. The summed E-state index contributed by atoms with van der Waals surface area (Å²) in [7, 11) is 1.92. The first kappa shape index (κ1) is 27.4. The number of fused-ring (bicyclic) bond motifs is 1. The second kappa shape index (κ2) is 13.8. The molecule has 1 atom stereocenters. The number of likely N-dealkylation sites (N-methyl/N-ethyl adjacent to an activating group) is 1. The molecule has 0 aliphatic carbocycles. The number of rotatable bonds is 10. The highest BCUT2D eigenvalue weighted by Gasteiger charge is 2.31. The number of hydrogen-bond acceptors (Lipinski definition) is 3. The number of aromatic amines is 1. The Bertz CT molecular complexity index is 1080. The van der Waals surface area contributed by atoms with Crippen LogP contribution in [0.25, 0.3) is 16.5 Å². The van der Waals surface area contributed by atoms with Crippen molar-refractivity contribution in [3.63, 3.8) is 0 Å². The van der Waals surface area contributed by atoms with Crippen LogP contribution in [-0.4, -0.2) is 35.5 Å². The zero-order chi connectivity index (χ0) is 25.1. The van der Waals surface area contributed by atoms with Crippen LogP contribution in [0.4, 0.5) is 0 Å². The average Bonchev–Trinajstić information content (AvgIpc) is 3.42. The zero-order valence-corrected chi connectivity index (χ0v) is 22.4. The highest BCUT2D eigenvalue weighted by atomic mass is 32.2. The Labute approximate surface area is 211 Å². The fourth-order valence-electron chi connectivity index (χ4n) is 4.48. The maximum atomic E-state index is 4.34. The van der Waals surface area contributed by atoms with E-state index >= 15 is 0 Å². The topological polar surface area (TPSA) is 31.1 Å². The first-order chi connectivity index (χ1) is 16.5. The molecule has 0 amide bonds. The van der Waals surface area contributed by atoms with Gasteiger partial charge in [-0.1, -0.05) is 56.9 Å². The predicted molar refractivity (Wildman–Crippen MR) is 155 cm³/mol. The summed E-state index contributed by atoms with van der Waals surface area (Å²) in [5.41, 5.74) is 8.02. The molecule has 3 nitrogen and oxygen atoms in total. The molecule has 0 bridgehead atoms. The largest absolute Gasteiger partial charge is 0.388 e. The van der Waals surface area contributed by atoms with Gasteiger partial charge in [0.25, 0.3) is 0 Å². The molecule has 1 aliphatic heterocycles. The van der Waals surface area contributed by atoms with Crippen LogP contribution in [0.5, 0.6) is 0 Å². The molecule has 0 fully saturated rings. The Balaban J connectivity index is 0.00000129. The monoisotopic (exact) mass is 475 g/mol. The van der Waals surface area contributed by atoms with Gasteiger partial charge in [0.05, 0.1) is 11.7 Å². The Morgan fingerprint density at radius 1 is 1.24 bits per heavy atom. The third kappa shape index (κ3) is 5.98. The summed E-state index contributed by atoms with van der Waals surface area (Å²) in [5, 5.41) is 4.45. The molecular formula is C30H41N3S. The zero-order valence-electron chi connectivity index (χ0n) is 21.6. The van der Waals surface area contributed by atoms with Crippen LogP contribution in [0.3, 0.4) is 0 Å². The number of nitrogens with one attached hydrogen (secondary N) is 2. The summed E-state index contributed by atoms with van der Waals surface area (Å²) < 4.78 is 0. The van der Waals surface area contributed by atoms with E-state index in [9.17, 15) is 0 Å². The van der Waals surface area contributed by atoms with E-state index in [1.54, 1.807) is 11.8 Å². The standard InChI is InChI=1S/C28H35N3.C2H6S/c1-7-11-15-21-19-31(27(14-8-2)22(21)9-3)26(10-4)28(20(5)29-6)24-18-30-25-17-13-12-16-23(24)25;1-3-2/h8-10,12-13,16-19,27,29-30H,2,4-5,7,11,14-15H2,1,3,6H3;1-2H3/b22-9-,28-26-;. The van der Waals surface area contributed by atoms with Gasteiger partial charge in [0, 0.05) is 47.2 Å². The van der Waals surface area contributed by atoms with Gasteiger partial charge >= 0.3 is 0 Å². The SMILES string of the molecule is C=CCC1/C(=C\C)C(CCCC)=CN1/C(C=C)=C(/C(=C)NC)c1c[nH]c2ccccc12.CSC. The lowest BCUT2D eigenvalue weighted by molar-refractivity contribution is 0.417. The molecule has 0 spiro atoms. The first-order valence-electron chi connectivity index (χ1n) is 12.0. The van der Waals surface area contributed by atoms with Gasteiger partial charge in [-0.2, -0.15) is 11.8 Å². The molecule has 182 valence electrons. The van der Waals surface area contributed by atoms with Gasteiger partial charge in [-0.3, -0.25) is 0 Å². The highest BCUT2D eigenvalue weighted by Crippen LogP contribution is 2.40. The lowest BCUT2D eigenvalue weighted by Gasteiger charge is -2.29. The highest BCUT2D eigenvalue weighted by molar-refractivity contribution is 7.97. The van der Waals surface area contributed by atoms with E-state index in [2.05, 4.69) is 91.5 Å². The maximum absolute atomic E-state index is 4.34. The molecule has 3 rings (SSSR count). The summed E-state index contributed by atoms with van der Waals surface area (Å²) in [6.45, 7) is 17.0. The van der Waals surface area contributed by atoms with Gasteiger partial charge in [0.1, 0.15) is 0 Å². The smallest absolute Gasteiger partial charge is 0.0620 e. The second-order valence-electron chi connectivity index (χ2n) is 8.30. The summed E-state index contributed by atoms with van der Waals surface area (Å²) in [5.74, 6) is 0. The number of allylic oxidation sites excluding steroid dienone is 3. The predicted octanol–water partition coefficient (Wildman–Crippen LogP) is 8.06.